The zero-order chi connectivity index (χ0) is 20.7. The van der Waals surface area contributed by atoms with Crippen molar-refractivity contribution in [1.29, 1.82) is 0 Å². The van der Waals surface area contributed by atoms with Crippen LogP contribution in [0.5, 0.6) is 0 Å². The van der Waals surface area contributed by atoms with E-state index in [4.69, 9.17) is 4.42 Å². The highest BCUT2D eigenvalue weighted by Crippen LogP contribution is 2.25. The van der Waals surface area contributed by atoms with Gasteiger partial charge in [-0.2, -0.15) is 0 Å². The molecule has 0 atom stereocenters. The minimum absolute atomic E-state index is 0.129. The van der Waals surface area contributed by atoms with Crippen molar-refractivity contribution in [3.8, 4) is 5.69 Å². The van der Waals surface area contributed by atoms with Crippen LogP contribution < -0.4 is 5.56 Å². The van der Waals surface area contributed by atoms with Gasteiger partial charge in [-0.15, -0.1) is 20.4 Å². The van der Waals surface area contributed by atoms with Gasteiger partial charge in [0.2, 0.25) is 17.6 Å². The van der Waals surface area contributed by atoms with Crippen LogP contribution in [0.25, 0.3) is 22.4 Å². The van der Waals surface area contributed by atoms with Gasteiger partial charge >= 0.3 is 0 Å². The molecule has 5 aromatic rings. The molecule has 8 nitrogen and oxygen atoms in total. The summed E-state index contributed by atoms with van der Waals surface area (Å²) in [6.45, 7) is 3.97. The molecule has 0 radical (unpaired) electrons. The van der Waals surface area contributed by atoms with Crippen LogP contribution in [0.1, 0.15) is 24.3 Å². The van der Waals surface area contributed by atoms with Crippen LogP contribution in [0.4, 0.5) is 0 Å². The number of hydrogen-bond donors (Lipinski definition) is 0. The third-order valence-electron chi connectivity index (χ3n) is 4.82. The molecular weight excluding hydrogens is 400 g/mol. The van der Waals surface area contributed by atoms with E-state index in [2.05, 4.69) is 20.4 Å². The molecule has 0 aliphatic carbocycles. The van der Waals surface area contributed by atoms with Crippen LogP contribution in [0.3, 0.4) is 0 Å². The van der Waals surface area contributed by atoms with Crippen LogP contribution in [-0.4, -0.2) is 29.4 Å². The van der Waals surface area contributed by atoms with Gasteiger partial charge in [0.1, 0.15) is 0 Å². The Morgan fingerprint density at radius 2 is 1.73 bits per heavy atom. The fourth-order valence-corrected chi connectivity index (χ4v) is 4.09. The van der Waals surface area contributed by atoms with Gasteiger partial charge in [-0.05, 0) is 31.2 Å². The van der Waals surface area contributed by atoms with E-state index >= 15 is 0 Å². The lowest BCUT2D eigenvalue weighted by molar-refractivity contribution is 0.470. The standard InChI is InChI=1S/C21H18N6O2S/c1-3-17-22-23-18(29-17)12-30-21-25-24-20-26(14-10-8-13(2)9-11-14)19(28)15-6-4-5-7-16(15)27(20)21/h4-11H,3,12H2,1-2H3. The summed E-state index contributed by atoms with van der Waals surface area (Å²) in [7, 11) is 0. The second kappa shape index (κ2) is 7.42. The summed E-state index contributed by atoms with van der Waals surface area (Å²) in [4.78, 5) is 13.3. The van der Waals surface area contributed by atoms with Gasteiger partial charge in [0.05, 0.1) is 22.3 Å². The third-order valence-corrected chi connectivity index (χ3v) is 5.74. The zero-order valence-electron chi connectivity index (χ0n) is 16.4. The Bertz CT molecular complexity index is 1420. The molecule has 9 heteroatoms. The molecule has 0 saturated heterocycles. The van der Waals surface area contributed by atoms with Crippen LogP contribution >= 0.6 is 11.8 Å². The Morgan fingerprint density at radius 3 is 2.50 bits per heavy atom. The maximum atomic E-state index is 13.3. The predicted molar refractivity (Wildman–Crippen MR) is 114 cm³/mol. The molecule has 2 aromatic carbocycles. The molecule has 0 aliphatic heterocycles. The van der Waals surface area contributed by atoms with Crippen LogP contribution in [0, 0.1) is 6.92 Å². The predicted octanol–water partition coefficient (Wildman–Crippen LogP) is 3.58. The molecule has 0 spiro atoms. The molecule has 5 rings (SSSR count). The number of hydrogen-bond acceptors (Lipinski definition) is 7. The maximum absolute atomic E-state index is 13.3. The largest absolute Gasteiger partial charge is 0.424 e. The molecule has 30 heavy (non-hydrogen) atoms. The van der Waals surface area contributed by atoms with Crippen molar-refractivity contribution < 1.29 is 4.42 Å². The van der Waals surface area contributed by atoms with Crippen LogP contribution in [0.15, 0.2) is 62.9 Å². The van der Waals surface area contributed by atoms with E-state index in [1.54, 1.807) is 4.57 Å². The Balaban J connectivity index is 1.68. The van der Waals surface area contributed by atoms with E-state index in [0.717, 1.165) is 16.8 Å². The minimum Gasteiger partial charge on any atom is -0.424 e. The van der Waals surface area contributed by atoms with Gasteiger partial charge < -0.3 is 4.42 Å². The Morgan fingerprint density at radius 1 is 0.967 bits per heavy atom. The van der Waals surface area contributed by atoms with Crippen molar-refractivity contribution in [2.24, 2.45) is 0 Å². The van der Waals surface area contributed by atoms with Crippen molar-refractivity contribution in [2.75, 3.05) is 0 Å². The number of nitrogens with zero attached hydrogens (tertiary/aromatic N) is 6. The van der Waals surface area contributed by atoms with E-state index in [0.29, 0.717) is 40.3 Å². The zero-order valence-corrected chi connectivity index (χ0v) is 17.3. The Hall–Kier alpha value is -3.46. The molecule has 3 heterocycles. The summed E-state index contributed by atoms with van der Waals surface area (Å²) in [6, 6.07) is 15.3. The second-order valence-corrected chi connectivity index (χ2v) is 7.79. The number of para-hydroxylation sites is 1. The summed E-state index contributed by atoms with van der Waals surface area (Å²) in [6.07, 6.45) is 0.693. The number of thioether (sulfide) groups is 1. The highest BCUT2D eigenvalue weighted by Gasteiger charge is 2.18. The first-order valence-electron chi connectivity index (χ1n) is 9.55. The van der Waals surface area contributed by atoms with Crippen molar-refractivity contribution >= 4 is 28.4 Å². The highest BCUT2D eigenvalue weighted by atomic mass is 32.2. The molecule has 0 aliphatic rings. The fraction of sp³-hybridized carbons (Fsp3) is 0.190. The minimum atomic E-state index is -0.129. The molecule has 0 bridgehead atoms. The summed E-state index contributed by atoms with van der Waals surface area (Å²) >= 11 is 1.44. The first-order valence-corrected chi connectivity index (χ1v) is 10.5. The van der Waals surface area contributed by atoms with Gasteiger partial charge in [0.25, 0.3) is 5.56 Å². The van der Waals surface area contributed by atoms with Gasteiger partial charge in [-0.1, -0.05) is 48.5 Å². The maximum Gasteiger partial charge on any atom is 0.267 e. The van der Waals surface area contributed by atoms with Gasteiger partial charge in [0, 0.05) is 6.42 Å². The van der Waals surface area contributed by atoms with E-state index in [9.17, 15) is 4.79 Å². The van der Waals surface area contributed by atoms with Crippen LogP contribution in [-0.2, 0) is 12.2 Å². The molecule has 0 saturated carbocycles. The quantitative estimate of drug-likeness (QED) is 0.403. The van der Waals surface area contributed by atoms with E-state index in [1.165, 1.54) is 11.8 Å². The molecule has 3 aromatic heterocycles. The highest BCUT2D eigenvalue weighted by molar-refractivity contribution is 7.98. The number of benzene rings is 2. The Labute approximate surface area is 175 Å². The van der Waals surface area contributed by atoms with E-state index < -0.39 is 0 Å². The van der Waals surface area contributed by atoms with Gasteiger partial charge in [-0.25, -0.2) is 4.57 Å². The number of fused-ring (bicyclic) bond motifs is 3. The monoisotopic (exact) mass is 418 g/mol. The normalized spacial score (nSPS) is 11.5. The SMILES string of the molecule is CCc1nnc(CSc2nnc3n(-c4ccc(C)cc4)c(=O)c4ccccc4n23)o1. The van der Waals surface area contributed by atoms with Crippen molar-refractivity contribution in [2.45, 2.75) is 31.2 Å². The average Bonchev–Trinajstić information content (AvgIpc) is 3.40. The lowest BCUT2D eigenvalue weighted by Crippen LogP contribution is -2.21. The van der Waals surface area contributed by atoms with Crippen molar-refractivity contribution in [3.63, 3.8) is 0 Å². The van der Waals surface area contributed by atoms with Gasteiger partial charge in [-0.3, -0.25) is 9.20 Å². The lowest BCUT2D eigenvalue weighted by Gasteiger charge is -2.11. The molecule has 0 N–H and O–H groups in total. The van der Waals surface area contributed by atoms with E-state index in [1.807, 2.05) is 66.8 Å². The molecule has 0 unspecified atom stereocenters. The lowest BCUT2D eigenvalue weighted by atomic mass is 10.2. The van der Waals surface area contributed by atoms with Gasteiger partial charge in [0.15, 0.2) is 5.16 Å². The second-order valence-electron chi connectivity index (χ2n) is 6.84. The van der Waals surface area contributed by atoms with Crippen molar-refractivity contribution in [3.05, 3.63) is 76.2 Å². The third kappa shape index (κ3) is 3.07. The smallest absolute Gasteiger partial charge is 0.267 e. The average molecular weight is 418 g/mol. The number of aryl methyl sites for hydroxylation is 2. The first-order chi connectivity index (χ1) is 14.7. The molecule has 0 amide bonds. The molecule has 0 fully saturated rings. The first kappa shape index (κ1) is 18.6. The summed E-state index contributed by atoms with van der Waals surface area (Å²) in [5.74, 6) is 2.07. The number of rotatable bonds is 5. The summed E-state index contributed by atoms with van der Waals surface area (Å²) in [5, 5.41) is 18.0. The van der Waals surface area contributed by atoms with Crippen LogP contribution in [0.2, 0.25) is 0 Å². The molecule has 150 valence electrons. The topological polar surface area (TPSA) is 91.1 Å². The molecular formula is C21H18N6O2S. The van der Waals surface area contributed by atoms with Crippen molar-refractivity contribution in [1.82, 2.24) is 29.4 Å². The van der Waals surface area contributed by atoms with E-state index in [-0.39, 0.29) is 5.56 Å². The fourth-order valence-electron chi connectivity index (χ4n) is 3.31. The summed E-state index contributed by atoms with van der Waals surface area (Å²) in [5.41, 5.74) is 2.49. The number of aromatic nitrogens is 6. The Kier molecular flexibility index (Phi) is 4.59. The summed E-state index contributed by atoms with van der Waals surface area (Å²) < 4.78 is 9.10.